The molecule has 0 aromatic carbocycles. The summed E-state index contributed by atoms with van der Waals surface area (Å²) >= 11 is 0. The van der Waals surface area contributed by atoms with Crippen molar-refractivity contribution in [1.29, 1.82) is 0 Å². The fourth-order valence-corrected chi connectivity index (χ4v) is 0.844. The predicted octanol–water partition coefficient (Wildman–Crippen LogP) is 4.49. The molecule has 0 heterocycles. The van der Waals surface area contributed by atoms with Crippen molar-refractivity contribution in [1.82, 2.24) is 0 Å². The van der Waals surface area contributed by atoms with Gasteiger partial charge in [0, 0.05) is 5.41 Å². The van der Waals surface area contributed by atoms with Crippen molar-refractivity contribution in [2.24, 2.45) is 5.41 Å². The molecule has 0 radical (unpaired) electrons. The molecule has 0 spiro atoms. The second kappa shape index (κ2) is 5.50. The van der Waals surface area contributed by atoms with Gasteiger partial charge in [-0.25, -0.2) is 8.78 Å². The van der Waals surface area contributed by atoms with Crippen LogP contribution in [0.3, 0.4) is 0 Å². The Kier molecular flexibility index (Phi) is 6.59. The third kappa shape index (κ3) is 4.68. The minimum Gasteiger partial charge on any atom is -0.207 e. The molecule has 0 nitrogen and oxygen atoms in total. The van der Waals surface area contributed by atoms with E-state index >= 15 is 0 Å². The number of alkyl halides is 2. The lowest BCUT2D eigenvalue weighted by Gasteiger charge is -2.30. The van der Waals surface area contributed by atoms with Crippen LogP contribution in [-0.2, 0) is 0 Å². The molecule has 2 heteroatoms. The van der Waals surface area contributed by atoms with Crippen LogP contribution in [0.25, 0.3) is 0 Å². The van der Waals surface area contributed by atoms with Crippen LogP contribution in [0.5, 0.6) is 0 Å². The van der Waals surface area contributed by atoms with E-state index in [9.17, 15) is 8.78 Å². The number of hydrogen-bond donors (Lipinski definition) is 0. The first-order valence-corrected chi connectivity index (χ1v) is 4.69. The first-order valence-electron chi connectivity index (χ1n) is 4.69. The summed E-state index contributed by atoms with van der Waals surface area (Å²) in [5.74, 6) is -2.55. The summed E-state index contributed by atoms with van der Waals surface area (Å²) in [4.78, 5) is 0. The molecule has 0 fully saturated rings. The highest BCUT2D eigenvalue weighted by Crippen LogP contribution is 2.39. The van der Waals surface area contributed by atoms with Gasteiger partial charge in [-0.2, -0.15) is 0 Å². The van der Waals surface area contributed by atoms with Crippen LogP contribution in [-0.4, -0.2) is 5.92 Å². The van der Waals surface area contributed by atoms with Gasteiger partial charge in [0.25, 0.3) is 0 Å². The van der Waals surface area contributed by atoms with Crippen molar-refractivity contribution in [2.45, 2.75) is 60.3 Å². The van der Waals surface area contributed by atoms with Gasteiger partial charge < -0.3 is 0 Å². The van der Waals surface area contributed by atoms with Crippen LogP contribution in [0.4, 0.5) is 8.78 Å². The van der Waals surface area contributed by atoms with Crippen LogP contribution in [0.1, 0.15) is 54.4 Å². The molecular weight excluding hydrogens is 158 g/mol. The normalized spacial score (nSPS) is 12.0. The van der Waals surface area contributed by atoms with E-state index in [4.69, 9.17) is 0 Å². The molecule has 0 aliphatic rings. The Labute approximate surface area is 75.4 Å². The summed E-state index contributed by atoms with van der Waals surface area (Å²) < 4.78 is 25.4. The second-order valence-electron chi connectivity index (χ2n) is 3.52. The van der Waals surface area contributed by atoms with Crippen molar-refractivity contribution in [3.8, 4) is 0 Å². The zero-order valence-electron chi connectivity index (χ0n) is 9.17. The second-order valence-corrected chi connectivity index (χ2v) is 3.52. The van der Waals surface area contributed by atoms with Gasteiger partial charge >= 0.3 is 0 Å². The van der Waals surface area contributed by atoms with Gasteiger partial charge in [0.2, 0.25) is 5.92 Å². The highest BCUT2D eigenvalue weighted by Gasteiger charge is 2.40. The molecule has 0 aliphatic carbocycles. The Morgan fingerprint density at radius 1 is 1.00 bits per heavy atom. The Morgan fingerprint density at radius 3 is 1.42 bits per heavy atom. The van der Waals surface area contributed by atoms with E-state index in [1.165, 1.54) is 0 Å². The number of halogens is 2. The van der Waals surface area contributed by atoms with E-state index in [-0.39, 0.29) is 0 Å². The van der Waals surface area contributed by atoms with Crippen LogP contribution in [0, 0.1) is 5.41 Å². The minimum absolute atomic E-state index is 0.580. The molecule has 0 bridgehead atoms. The molecule has 0 saturated carbocycles. The van der Waals surface area contributed by atoms with Gasteiger partial charge in [-0.1, -0.05) is 41.0 Å². The molecular formula is C10H22F2. The standard InChI is InChI=1S/C8H16F2.C2H6/c1-5-6-7(2,3)8(4,9)10;1-2/h5-6H2,1-4H3;1-2H3. The predicted molar refractivity (Wildman–Crippen MR) is 50.7 cm³/mol. The fourth-order valence-electron chi connectivity index (χ4n) is 0.844. The van der Waals surface area contributed by atoms with Crippen molar-refractivity contribution < 1.29 is 8.78 Å². The van der Waals surface area contributed by atoms with Gasteiger partial charge in [-0.15, -0.1) is 0 Å². The number of hydrogen-bond acceptors (Lipinski definition) is 0. The Hall–Kier alpha value is -0.140. The van der Waals surface area contributed by atoms with E-state index in [0.29, 0.717) is 6.42 Å². The molecule has 0 aromatic heterocycles. The SMILES string of the molecule is CC.CCCC(C)(C)C(C)(F)F. The summed E-state index contributed by atoms with van der Waals surface area (Å²) in [6, 6.07) is 0. The smallest absolute Gasteiger partial charge is 0.207 e. The Bertz CT molecular complexity index is 101. The average Bonchev–Trinajstić information content (AvgIpc) is 1.89. The topological polar surface area (TPSA) is 0 Å². The molecule has 0 N–H and O–H groups in total. The number of rotatable bonds is 3. The molecule has 76 valence electrons. The maximum atomic E-state index is 12.7. The molecule has 0 saturated heterocycles. The van der Waals surface area contributed by atoms with E-state index in [0.717, 1.165) is 13.3 Å². The molecule has 0 amide bonds. The Morgan fingerprint density at radius 2 is 1.33 bits per heavy atom. The summed E-state index contributed by atoms with van der Waals surface area (Å²) in [6.07, 6.45) is 1.40. The quantitative estimate of drug-likeness (QED) is 0.600. The Balaban J connectivity index is 0. The van der Waals surface area contributed by atoms with Crippen LogP contribution >= 0.6 is 0 Å². The summed E-state index contributed by atoms with van der Waals surface area (Å²) in [5.41, 5.74) is -0.845. The van der Waals surface area contributed by atoms with Crippen LogP contribution < -0.4 is 0 Å². The fraction of sp³-hybridized carbons (Fsp3) is 1.00. The van der Waals surface area contributed by atoms with Crippen molar-refractivity contribution in [3.63, 3.8) is 0 Å². The van der Waals surface area contributed by atoms with Crippen molar-refractivity contribution in [3.05, 3.63) is 0 Å². The third-order valence-corrected chi connectivity index (χ3v) is 2.06. The summed E-state index contributed by atoms with van der Waals surface area (Å²) in [5, 5.41) is 0. The lowest BCUT2D eigenvalue weighted by Crippen LogP contribution is -2.32. The van der Waals surface area contributed by atoms with Crippen LogP contribution in [0.2, 0.25) is 0 Å². The molecule has 0 aromatic rings. The van der Waals surface area contributed by atoms with Gasteiger partial charge in [0.05, 0.1) is 0 Å². The maximum Gasteiger partial charge on any atom is 0.250 e. The lowest BCUT2D eigenvalue weighted by molar-refractivity contribution is -0.0923. The first-order chi connectivity index (χ1) is 5.31. The van der Waals surface area contributed by atoms with Crippen molar-refractivity contribution in [2.75, 3.05) is 0 Å². The van der Waals surface area contributed by atoms with Gasteiger partial charge in [-0.05, 0) is 13.3 Å². The van der Waals surface area contributed by atoms with E-state index in [2.05, 4.69) is 0 Å². The zero-order valence-corrected chi connectivity index (χ0v) is 9.17. The first kappa shape index (κ1) is 14.4. The molecule has 0 rings (SSSR count). The van der Waals surface area contributed by atoms with E-state index < -0.39 is 11.3 Å². The lowest BCUT2D eigenvalue weighted by atomic mass is 9.82. The molecule has 0 unspecified atom stereocenters. The monoisotopic (exact) mass is 180 g/mol. The van der Waals surface area contributed by atoms with Gasteiger partial charge in [-0.3, -0.25) is 0 Å². The van der Waals surface area contributed by atoms with Crippen molar-refractivity contribution >= 4 is 0 Å². The van der Waals surface area contributed by atoms with Gasteiger partial charge in [0.15, 0.2) is 0 Å². The zero-order chi connectivity index (χ0) is 10.4. The maximum absolute atomic E-state index is 12.7. The summed E-state index contributed by atoms with van der Waals surface area (Å²) in [7, 11) is 0. The molecule has 0 aliphatic heterocycles. The van der Waals surface area contributed by atoms with E-state index in [1.54, 1.807) is 13.8 Å². The third-order valence-electron chi connectivity index (χ3n) is 2.06. The highest BCUT2D eigenvalue weighted by atomic mass is 19.3. The minimum atomic E-state index is -2.55. The average molecular weight is 180 g/mol. The molecule has 0 atom stereocenters. The highest BCUT2D eigenvalue weighted by molar-refractivity contribution is 4.80. The van der Waals surface area contributed by atoms with Crippen LogP contribution in [0.15, 0.2) is 0 Å². The largest absolute Gasteiger partial charge is 0.250 e. The summed E-state index contributed by atoms with van der Waals surface area (Å²) in [6.45, 7) is 10.1. The van der Waals surface area contributed by atoms with Gasteiger partial charge in [0.1, 0.15) is 0 Å². The van der Waals surface area contributed by atoms with E-state index in [1.807, 2.05) is 20.8 Å². The molecule has 12 heavy (non-hydrogen) atoms.